The summed E-state index contributed by atoms with van der Waals surface area (Å²) < 4.78 is 5.33. The number of amides is 2. The third-order valence-electron chi connectivity index (χ3n) is 5.25. The number of aromatic nitrogens is 1. The van der Waals surface area contributed by atoms with E-state index >= 15 is 0 Å². The molecule has 1 aliphatic heterocycles. The average molecular weight is 389 g/mol. The molecule has 2 aromatic carbocycles. The predicted molar refractivity (Wildman–Crippen MR) is 109 cm³/mol. The van der Waals surface area contributed by atoms with Crippen molar-refractivity contribution in [1.82, 2.24) is 15.4 Å². The zero-order chi connectivity index (χ0) is 20.1. The lowest BCUT2D eigenvalue weighted by molar-refractivity contribution is -0.126. The molecule has 0 aliphatic carbocycles. The maximum absolute atomic E-state index is 12.7. The number of carbonyl (C=O) groups excluding carboxylic acids is 2. The highest BCUT2D eigenvalue weighted by molar-refractivity contribution is 5.93. The Bertz CT molecular complexity index is 961. The Morgan fingerprint density at radius 2 is 1.66 bits per heavy atom. The van der Waals surface area contributed by atoms with Crippen molar-refractivity contribution in [3.8, 4) is 11.3 Å². The molecule has 0 spiro atoms. The van der Waals surface area contributed by atoms with Gasteiger partial charge in [0.25, 0.3) is 5.91 Å². The number of hydrogen-bond acceptors (Lipinski definition) is 4. The predicted octanol–water partition coefficient (Wildman–Crippen LogP) is 3.51. The van der Waals surface area contributed by atoms with Gasteiger partial charge in [-0.3, -0.25) is 9.59 Å². The quantitative estimate of drug-likeness (QED) is 0.725. The monoisotopic (exact) mass is 389 g/mol. The molecule has 1 aliphatic rings. The molecule has 1 N–H and O–H groups in total. The first kappa shape index (κ1) is 18.9. The van der Waals surface area contributed by atoms with E-state index < -0.39 is 0 Å². The topological polar surface area (TPSA) is 75.4 Å². The summed E-state index contributed by atoms with van der Waals surface area (Å²) in [5.41, 5.74) is 2.26. The van der Waals surface area contributed by atoms with Gasteiger partial charge >= 0.3 is 0 Å². The zero-order valence-corrected chi connectivity index (χ0v) is 16.1. The fourth-order valence-corrected chi connectivity index (χ4v) is 3.55. The molecule has 0 atom stereocenters. The molecule has 0 radical (unpaired) electrons. The Kier molecular flexibility index (Phi) is 5.70. The van der Waals surface area contributed by atoms with E-state index in [-0.39, 0.29) is 17.7 Å². The van der Waals surface area contributed by atoms with Crippen LogP contribution in [-0.4, -0.2) is 35.0 Å². The number of piperidine rings is 1. The minimum atomic E-state index is -0.154. The van der Waals surface area contributed by atoms with Crippen molar-refractivity contribution in [2.45, 2.75) is 19.4 Å². The van der Waals surface area contributed by atoms with E-state index in [0.717, 1.165) is 11.1 Å². The van der Waals surface area contributed by atoms with Gasteiger partial charge < -0.3 is 14.7 Å². The number of hydrogen-bond donors (Lipinski definition) is 1. The second-order valence-corrected chi connectivity index (χ2v) is 7.21. The summed E-state index contributed by atoms with van der Waals surface area (Å²) in [5.74, 6) is 0.400. The second-order valence-electron chi connectivity index (χ2n) is 7.21. The summed E-state index contributed by atoms with van der Waals surface area (Å²) in [6.07, 6.45) is 1.30. The van der Waals surface area contributed by atoms with Crippen LogP contribution >= 0.6 is 0 Å². The van der Waals surface area contributed by atoms with Gasteiger partial charge in [0.1, 0.15) is 0 Å². The molecule has 148 valence electrons. The van der Waals surface area contributed by atoms with E-state index in [1.54, 1.807) is 11.0 Å². The van der Waals surface area contributed by atoms with E-state index in [0.29, 0.717) is 43.9 Å². The van der Waals surface area contributed by atoms with Gasteiger partial charge in [0, 0.05) is 37.2 Å². The Balaban J connectivity index is 1.29. The highest BCUT2D eigenvalue weighted by atomic mass is 16.5. The van der Waals surface area contributed by atoms with Crippen LogP contribution in [0.3, 0.4) is 0 Å². The Morgan fingerprint density at radius 1 is 1.00 bits per heavy atom. The smallest absolute Gasteiger partial charge is 0.276 e. The average Bonchev–Trinajstić information content (AvgIpc) is 3.29. The van der Waals surface area contributed by atoms with E-state index in [9.17, 15) is 9.59 Å². The van der Waals surface area contributed by atoms with Crippen molar-refractivity contribution in [1.29, 1.82) is 0 Å². The first-order chi connectivity index (χ1) is 14.2. The van der Waals surface area contributed by atoms with Crippen LogP contribution < -0.4 is 5.32 Å². The fourth-order valence-electron chi connectivity index (χ4n) is 3.55. The Hall–Kier alpha value is -3.41. The van der Waals surface area contributed by atoms with Gasteiger partial charge in [-0.15, -0.1) is 0 Å². The Morgan fingerprint density at radius 3 is 2.34 bits per heavy atom. The molecule has 4 rings (SSSR count). The van der Waals surface area contributed by atoms with E-state index in [1.165, 1.54) is 0 Å². The van der Waals surface area contributed by atoms with Crippen molar-refractivity contribution in [3.05, 3.63) is 78.0 Å². The lowest BCUT2D eigenvalue weighted by Crippen LogP contribution is -2.43. The van der Waals surface area contributed by atoms with E-state index in [1.807, 2.05) is 60.7 Å². The summed E-state index contributed by atoms with van der Waals surface area (Å²) in [5, 5.41) is 6.94. The van der Waals surface area contributed by atoms with Crippen molar-refractivity contribution >= 4 is 11.8 Å². The Labute approximate surface area is 169 Å². The normalized spacial score (nSPS) is 14.6. The molecule has 6 heteroatoms. The van der Waals surface area contributed by atoms with Crippen molar-refractivity contribution < 1.29 is 14.1 Å². The van der Waals surface area contributed by atoms with Crippen LogP contribution in [0, 0.1) is 5.92 Å². The number of rotatable bonds is 5. The maximum atomic E-state index is 12.7. The van der Waals surface area contributed by atoms with Crippen LogP contribution in [0.4, 0.5) is 0 Å². The van der Waals surface area contributed by atoms with Crippen molar-refractivity contribution in [2.24, 2.45) is 5.92 Å². The van der Waals surface area contributed by atoms with Crippen LogP contribution in [0.1, 0.15) is 28.9 Å². The minimum Gasteiger partial charge on any atom is -0.355 e. The summed E-state index contributed by atoms with van der Waals surface area (Å²) in [4.78, 5) is 26.9. The molecular weight excluding hydrogens is 366 g/mol. The molecule has 3 aromatic rings. The number of nitrogens with zero attached hydrogens (tertiary/aromatic N) is 2. The molecule has 2 amide bonds. The first-order valence-corrected chi connectivity index (χ1v) is 9.84. The molecule has 1 aromatic heterocycles. The standard InChI is InChI=1S/C23H23N3O3/c27-22(24-16-17-7-3-1-4-8-17)19-11-13-26(14-12-19)23(28)20-15-21(29-25-20)18-9-5-2-6-10-18/h1-10,15,19H,11-14,16H2,(H,24,27). The van der Waals surface area contributed by atoms with E-state index in [4.69, 9.17) is 4.52 Å². The fraction of sp³-hybridized carbons (Fsp3) is 0.261. The number of nitrogens with one attached hydrogen (secondary N) is 1. The highest BCUT2D eigenvalue weighted by Gasteiger charge is 2.29. The summed E-state index contributed by atoms with van der Waals surface area (Å²) in [7, 11) is 0. The van der Waals surface area contributed by atoms with Gasteiger partial charge in [-0.1, -0.05) is 65.8 Å². The number of likely N-dealkylation sites (tertiary alicyclic amines) is 1. The van der Waals surface area contributed by atoms with Crippen LogP contribution in [0.2, 0.25) is 0 Å². The maximum Gasteiger partial charge on any atom is 0.276 e. The van der Waals surface area contributed by atoms with Crippen LogP contribution in [0.5, 0.6) is 0 Å². The number of benzene rings is 2. The lowest BCUT2D eigenvalue weighted by atomic mass is 9.95. The largest absolute Gasteiger partial charge is 0.355 e. The molecule has 6 nitrogen and oxygen atoms in total. The van der Waals surface area contributed by atoms with Gasteiger partial charge in [0.15, 0.2) is 11.5 Å². The first-order valence-electron chi connectivity index (χ1n) is 9.84. The van der Waals surface area contributed by atoms with Crippen molar-refractivity contribution in [2.75, 3.05) is 13.1 Å². The van der Waals surface area contributed by atoms with Gasteiger partial charge in [0.05, 0.1) is 0 Å². The molecule has 29 heavy (non-hydrogen) atoms. The number of carbonyl (C=O) groups is 2. The zero-order valence-electron chi connectivity index (χ0n) is 16.1. The van der Waals surface area contributed by atoms with E-state index in [2.05, 4.69) is 10.5 Å². The lowest BCUT2D eigenvalue weighted by Gasteiger charge is -2.30. The molecule has 0 unspecified atom stereocenters. The van der Waals surface area contributed by atoms with Crippen LogP contribution in [-0.2, 0) is 11.3 Å². The van der Waals surface area contributed by atoms with Gasteiger partial charge in [0.2, 0.25) is 5.91 Å². The van der Waals surface area contributed by atoms with Crippen LogP contribution in [0.15, 0.2) is 71.3 Å². The third kappa shape index (κ3) is 4.54. The summed E-state index contributed by atoms with van der Waals surface area (Å²) >= 11 is 0. The SMILES string of the molecule is O=C(NCc1ccccc1)C1CCN(C(=O)c2cc(-c3ccccc3)on2)CC1. The van der Waals surface area contributed by atoms with Gasteiger partial charge in [-0.2, -0.15) is 0 Å². The molecule has 0 bridgehead atoms. The van der Waals surface area contributed by atoms with Crippen molar-refractivity contribution in [3.63, 3.8) is 0 Å². The molecule has 2 heterocycles. The van der Waals surface area contributed by atoms with Crippen LogP contribution in [0.25, 0.3) is 11.3 Å². The molecular formula is C23H23N3O3. The molecule has 1 fully saturated rings. The molecule has 0 saturated carbocycles. The second kappa shape index (κ2) is 8.73. The third-order valence-corrected chi connectivity index (χ3v) is 5.25. The van der Waals surface area contributed by atoms with Gasteiger partial charge in [-0.25, -0.2) is 0 Å². The molecule has 1 saturated heterocycles. The van der Waals surface area contributed by atoms with Gasteiger partial charge in [-0.05, 0) is 18.4 Å². The summed E-state index contributed by atoms with van der Waals surface area (Å²) in [6.45, 7) is 1.60. The minimum absolute atomic E-state index is 0.0498. The summed E-state index contributed by atoms with van der Waals surface area (Å²) in [6, 6.07) is 21.1. The highest BCUT2D eigenvalue weighted by Crippen LogP contribution is 2.23.